The molecule has 0 aromatic carbocycles. The van der Waals surface area contributed by atoms with E-state index >= 15 is 0 Å². The Morgan fingerprint density at radius 2 is 1.25 bits per heavy atom. The maximum atomic E-state index is 6.29. The molecule has 0 unspecified atom stereocenters. The van der Waals surface area contributed by atoms with E-state index in [-0.39, 0.29) is 0 Å². The summed E-state index contributed by atoms with van der Waals surface area (Å²) in [7, 11) is -3.14. The Kier molecular flexibility index (Phi) is 8.20. The number of rotatable bonds is 7. The summed E-state index contributed by atoms with van der Waals surface area (Å²) in [5.41, 5.74) is 3.53. The van der Waals surface area contributed by atoms with Crippen LogP contribution in [0.1, 0.15) is 60.8 Å². The molecular weight excluding hydrogens is 276 g/mol. The van der Waals surface area contributed by atoms with Crippen LogP contribution in [-0.2, 0) is 4.43 Å². The largest absolute Gasteiger partial charge is 0.501 e. The van der Waals surface area contributed by atoms with Crippen LogP contribution in [0.2, 0.25) is 36.3 Å². The smallest absolute Gasteiger partial charge is 0.264 e. The molecule has 0 radical (unpaired) electrons. The molecule has 0 aliphatic carbocycles. The highest BCUT2D eigenvalue weighted by molar-refractivity contribution is 6.87. The Balaban J connectivity index is 5.02. The van der Waals surface area contributed by atoms with Crippen molar-refractivity contribution in [2.75, 3.05) is 0 Å². The van der Waals surface area contributed by atoms with Crippen molar-refractivity contribution in [2.45, 2.75) is 97.1 Å². The van der Waals surface area contributed by atoms with Crippen LogP contribution in [0.3, 0.4) is 0 Å². The van der Waals surface area contributed by atoms with Crippen LogP contribution in [0.5, 0.6) is 0 Å². The topological polar surface area (TPSA) is 9.23 Å². The fourth-order valence-electron chi connectivity index (χ4n) is 2.34. The molecule has 3 heteroatoms. The molecule has 1 nitrogen and oxygen atoms in total. The van der Waals surface area contributed by atoms with Gasteiger partial charge in [-0.25, -0.2) is 0 Å². The van der Waals surface area contributed by atoms with Crippen LogP contribution in [0.15, 0.2) is 0 Å². The lowest BCUT2D eigenvalue weighted by atomic mass is 10.2. The van der Waals surface area contributed by atoms with Crippen molar-refractivity contribution in [1.82, 2.24) is 0 Å². The first-order valence-corrected chi connectivity index (χ1v) is 13.9. The summed E-state index contributed by atoms with van der Waals surface area (Å²) in [5.74, 6) is 0. The molecule has 0 heterocycles. The zero-order valence-corrected chi connectivity index (χ0v) is 17.2. The van der Waals surface area contributed by atoms with Crippen LogP contribution < -0.4 is 0 Å². The van der Waals surface area contributed by atoms with Gasteiger partial charge in [0.2, 0.25) is 0 Å². The van der Waals surface area contributed by atoms with Gasteiger partial charge in [-0.2, -0.15) is 0 Å². The van der Waals surface area contributed by atoms with Gasteiger partial charge >= 0.3 is 0 Å². The molecule has 0 fully saturated rings. The summed E-state index contributed by atoms with van der Waals surface area (Å²) in [5, 5.41) is 0.313. The zero-order valence-electron chi connectivity index (χ0n) is 15.2. The molecule has 0 amide bonds. The van der Waals surface area contributed by atoms with Crippen molar-refractivity contribution in [3.63, 3.8) is 0 Å². The van der Waals surface area contributed by atoms with E-state index in [1.54, 1.807) is 0 Å². The third-order valence-electron chi connectivity index (χ3n) is 4.62. The second-order valence-corrected chi connectivity index (χ2v) is 16.7. The van der Waals surface area contributed by atoms with Gasteiger partial charge < -0.3 is 4.43 Å². The van der Waals surface area contributed by atoms with E-state index in [0.29, 0.717) is 5.04 Å². The molecule has 0 spiro atoms. The van der Waals surface area contributed by atoms with E-state index in [1.165, 1.54) is 37.4 Å². The van der Waals surface area contributed by atoms with Crippen molar-refractivity contribution < 1.29 is 4.43 Å². The molecule has 0 saturated carbocycles. The Morgan fingerprint density at radius 3 is 1.55 bits per heavy atom. The van der Waals surface area contributed by atoms with E-state index in [9.17, 15) is 0 Å². The van der Waals surface area contributed by atoms with E-state index in [4.69, 9.17) is 4.43 Å². The standard InChI is InChI=1S/C17H36OSi2/c1-9-13-20(14-10-2,15-11-3)18-12-16-19(7,8)17(4,5)6/h9-11,13-15H2,1-8H3. The summed E-state index contributed by atoms with van der Waals surface area (Å²) in [4.78, 5) is 0. The predicted octanol–water partition coefficient (Wildman–Crippen LogP) is 6.19. The number of hydrogen-bond acceptors (Lipinski definition) is 1. The van der Waals surface area contributed by atoms with Gasteiger partial charge in [0.05, 0.1) is 6.11 Å². The van der Waals surface area contributed by atoms with Gasteiger partial charge in [-0.1, -0.05) is 79.4 Å². The van der Waals surface area contributed by atoms with Crippen LogP contribution >= 0.6 is 0 Å². The van der Waals surface area contributed by atoms with Gasteiger partial charge in [0.25, 0.3) is 8.32 Å². The lowest BCUT2D eigenvalue weighted by Gasteiger charge is -2.32. The molecule has 20 heavy (non-hydrogen) atoms. The maximum Gasteiger partial charge on any atom is 0.264 e. The highest BCUT2D eigenvalue weighted by atomic mass is 28.4. The monoisotopic (exact) mass is 312 g/mol. The summed E-state index contributed by atoms with van der Waals surface area (Å²) < 4.78 is 6.29. The van der Waals surface area contributed by atoms with Crippen LogP contribution in [0.25, 0.3) is 0 Å². The highest BCUT2D eigenvalue weighted by Gasteiger charge is 2.36. The third kappa shape index (κ3) is 6.05. The first kappa shape index (κ1) is 19.8. The average molecular weight is 313 g/mol. The fraction of sp³-hybridized carbons (Fsp3) is 0.882. The highest BCUT2D eigenvalue weighted by Crippen LogP contribution is 2.35. The minimum absolute atomic E-state index is 0.313. The summed E-state index contributed by atoms with van der Waals surface area (Å²) in [6.07, 6.45) is 6.89. The molecule has 0 aromatic heterocycles. The maximum absolute atomic E-state index is 6.29. The van der Waals surface area contributed by atoms with Crippen molar-refractivity contribution in [3.05, 3.63) is 0 Å². The molecule has 0 aliphatic rings. The Bertz CT molecular complexity index is 314. The van der Waals surface area contributed by atoms with Gasteiger partial charge in [-0.05, 0) is 23.2 Å². The first-order valence-electron chi connectivity index (χ1n) is 8.34. The third-order valence-corrected chi connectivity index (χ3v) is 13.9. The first-order chi connectivity index (χ1) is 9.14. The minimum Gasteiger partial charge on any atom is -0.501 e. The Hall–Kier alpha value is -0.206. The van der Waals surface area contributed by atoms with Crippen molar-refractivity contribution in [3.8, 4) is 11.7 Å². The fourth-order valence-corrected chi connectivity index (χ4v) is 7.18. The molecule has 0 bridgehead atoms. The van der Waals surface area contributed by atoms with Crippen molar-refractivity contribution >= 4 is 16.4 Å². The van der Waals surface area contributed by atoms with E-state index < -0.39 is 16.4 Å². The molecule has 0 aliphatic heterocycles. The normalized spacial score (nSPS) is 12.8. The Morgan fingerprint density at radius 1 is 0.850 bits per heavy atom. The summed E-state index contributed by atoms with van der Waals surface area (Å²) in [6.45, 7) is 18.5. The molecule has 0 rings (SSSR count). The molecule has 0 aromatic rings. The lowest BCUT2D eigenvalue weighted by molar-refractivity contribution is 0.483. The molecule has 0 saturated heterocycles. The quantitative estimate of drug-likeness (QED) is 0.402. The molecule has 0 N–H and O–H groups in total. The zero-order chi connectivity index (χ0) is 15.9. The van der Waals surface area contributed by atoms with Gasteiger partial charge in [-0.15, -0.1) is 0 Å². The lowest BCUT2D eigenvalue weighted by Crippen LogP contribution is -2.38. The molecule has 0 atom stereocenters. The van der Waals surface area contributed by atoms with Gasteiger partial charge in [0, 0.05) is 0 Å². The average Bonchev–Trinajstić information content (AvgIpc) is 2.28. The van der Waals surface area contributed by atoms with Gasteiger partial charge in [-0.3, -0.25) is 0 Å². The SMILES string of the molecule is CCC[Si](CCC)(CCC)OC#C[Si](C)(C)C(C)(C)C. The minimum atomic E-state index is -1.61. The van der Waals surface area contributed by atoms with Gasteiger partial charge in [0.15, 0.2) is 0 Å². The number of hydrogen-bond donors (Lipinski definition) is 0. The van der Waals surface area contributed by atoms with E-state index in [0.717, 1.165) is 0 Å². The second kappa shape index (κ2) is 8.29. The Labute approximate surface area is 130 Å². The van der Waals surface area contributed by atoms with Crippen molar-refractivity contribution in [1.29, 1.82) is 0 Å². The molecule has 118 valence electrons. The van der Waals surface area contributed by atoms with Crippen LogP contribution in [0.4, 0.5) is 0 Å². The van der Waals surface area contributed by atoms with Gasteiger partial charge in [0.1, 0.15) is 8.07 Å². The molecular formula is C17H36OSi2. The second-order valence-electron chi connectivity index (χ2n) is 7.64. The summed E-state index contributed by atoms with van der Waals surface area (Å²) >= 11 is 0. The summed E-state index contributed by atoms with van der Waals surface area (Å²) in [6, 6.07) is 3.79. The van der Waals surface area contributed by atoms with Crippen molar-refractivity contribution in [2.24, 2.45) is 0 Å². The van der Waals surface area contributed by atoms with E-state index in [1.807, 2.05) is 0 Å². The van der Waals surface area contributed by atoms with E-state index in [2.05, 4.69) is 66.3 Å². The van der Waals surface area contributed by atoms with Crippen LogP contribution in [-0.4, -0.2) is 16.4 Å². The van der Waals surface area contributed by atoms with Crippen LogP contribution in [0, 0.1) is 11.7 Å². The predicted molar refractivity (Wildman–Crippen MR) is 97.1 cm³/mol.